The van der Waals surface area contributed by atoms with Gasteiger partial charge in [0.25, 0.3) is 0 Å². The predicted molar refractivity (Wildman–Crippen MR) is 173 cm³/mol. The van der Waals surface area contributed by atoms with E-state index >= 15 is 0 Å². The van der Waals surface area contributed by atoms with Gasteiger partial charge >= 0.3 is 19.5 Å². The van der Waals surface area contributed by atoms with E-state index in [1.54, 1.807) is 0 Å². The Kier molecular flexibility index (Phi) is 13.5. The van der Waals surface area contributed by atoms with Gasteiger partial charge in [0.2, 0.25) is 0 Å². The zero-order valence-electron chi connectivity index (χ0n) is 27.3. The maximum atomic E-state index is 5.28. The number of hydrogen-bond donors (Lipinski definition) is 2. The number of rotatable bonds is 8. The van der Waals surface area contributed by atoms with Crippen LogP contribution >= 0.6 is 0 Å². The smallest absolute Gasteiger partial charge is 1.00 e. The van der Waals surface area contributed by atoms with Crippen molar-refractivity contribution in [2.75, 3.05) is 0 Å². The quantitative estimate of drug-likeness (QED) is 0.356. The van der Waals surface area contributed by atoms with Crippen molar-refractivity contribution in [3.63, 3.8) is 0 Å². The standard InChI is InChI=1S/C36H46N4.2ClH.Zn/c1-9-21-22(10-2)30-18-32-25(13-5)26(14-6)34(39-32)20-36-28(16-8)27(15-7)35(40-36)19-33-24(12-4)23(11-3)31(38-33)17-29(21)37-30;;;/h17-20,37-38H,9-16H2,1-8H3;2*1H;/q;;;+2/p-2. The summed E-state index contributed by atoms with van der Waals surface area (Å²) < 4.78 is 0. The summed E-state index contributed by atoms with van der Waals surface area (Å²) in [7, 11) is 0. The number of aromatic amines is 2. The molecule has 3 aromatic rings. The summed E-state index contributed by atoms with van der Waals surface area (Å²) in [5.41, 5.74) is 20.2. The molecule has 2 aliphatic rings. The number of hydrogen-bond acceptors (Lipinski definition) is 2. The Labute approximate surface area is 283 Å². The van der Waals surface area contributed by atoms with Crippen molar-refractivity contribution in [2.45, 2.75) is 107 Å². The number of H-pyrrole nitrogens is 2. The fourth-order valence-corrected chi connectivity index (χ4v) is 7.10. The van der Waals surface area contributed by atoms with Gasteiger partial charge < -0.3 is 34.8 Å². The van der Waals surface area contributed by atoms with Gasteiger partial charge in [-0.25, -0.2) is 9.97 Å². The van der Waals surface area contributed by atoms with E-state index in [2.05, 4.69) is 89.6 Å². The number of nitrogens with zero attached hydrogens (tertiary/aromatic N) is 2. The van der Waals surface area contributed by atoms with Crippen LogP contribution in [0.4, 0.5) is 0 Å². The Morgan fingerprint density at radius 2 is 0.651 bits per heavy atom. The number of allylic oxidation sites excluding steroid dienone is 4. The number of aryl methyl sites for hydroxylation is 4. The summed E-state index contributed by atoms with van der Waals surface area (Å²) in [6.07, 6.45) is 7.84. The zero-order valence-corrected chi connectivity index (χ0v) is 31.8. The van der Waals surface area contributed by atoms with Crippen molar-refractivity contribution < 1.29 is 44.3 Å². The van der Waals surface area contributed by atoms with E-state index in [1.165, 1.54) is 66.6 Å². The van der Waals surface area contributed by atoms with Gasteiger partial charge in [0.05, 0.1) is 22.8 Å². The zero-order chi connectivity index (χ0) is 28.6. The average molecular weight is 671 g/mol. The molecular weight excluding hydrogens is 625 g/mol. The number of fused-ring (bicyclic) bond motifs is 8. The third-order valence-electron chi connectivity index (χ3n) is 8.97. The predicted octanol–water partition coefficient (Wildman–Crippen LogP) is 4.03. The fraction of sp³-hybridized carbons (Fsp3) is 0.444. The SMILES string of the molecule is CCC1=C(CC)c2cc3[nH]c(cc4[nH]c(cc5nc(cc1n2)C(CC)=C5CC)c(CC)c4CC)c(CC)c3CC.[Cl-].[Cl-].[Zn+2]. The first kappa shape index (κ1) is 37.0. The van der Waals surface area contributed by atoms with Crippen LogP contribution in [0.3, 0.4) is 0 Å². The molecule has 0 aliphatic carbocycles. The molecule has 43 heavy (non-hydrogen) atoms. The van der Waals surface area contributed by atoms with E-state index in [4.69, 9.17) is 9.97 Å². The Morgan fingerprint density at radius 3 is 0.907 bits per heavy atom. The number of aromatic nitrogens is 4. The summed E-state index contributed by atoms with van der Waals surface area (Å²) >= 11 is 0. The molecule has 0 spiro atoms. The van der Waals surface area contributed by atoms with E-state index in [0.717, 1.165) is 74.1 Å². The van der Waals surface area contributed by atoms with Crippen LogP contribution < -0.4 is 24.8 Å². The van der Waals surface area contributed by atoms with Gasteiger partial charge in [-0.2, -0.15) is 0 Å². The Balaban J connectivity index is 0.00000215. The van der Waals surface area contributed by atoms with Crippen LogP contribution in [0.2, 0.25) is 0 Å². The second-order valence-electron chi connectivity index (χ2n) is 10.9. The Hall–Kier alpha value is -2.20. The van der Waals surface area contributed by atoms with Crippen molar-refractivity contribution >= 4 is 44.4 Å². The first-order valence-corrected chi connectivity index (χ1v) is 15.7. The van der Waals surface area contributed by atoms with Crippen LogP contribution in [0, 0.1) is 0 Å². The molecule has 8 bridgehead atoms. The molecule has 0 atom stereocenters. The maximum Gasteiger partial charge on any atom is 2.00 e. The molecular formula is C36H46Cl2N4Zn. The number of nitrogens with one attached hydrogen (secondary N) is 2. The van der Waals surface area contributed by atoms with Crippen molar-refractivity contribution in [2.24, 2.45) is 0 Å². The molecule has 5 rings (SSSR count). The molecule has 0 fully saturated rings. The molecule has 7 heteroatoms. The van der Waals surface area contributed by atoms with Gasteiger partial charge in [-0.05, 0) is 120 Å². The van der Waals surface area contributed by atoms with Gasteiger partial charge in [0.1, 0.15) is 0 Å². The van der Waals surface area contributed by atoms with Crippen LogP contribution in [0.5, 0.6) is 0 Å². The van der Waals surface area contributed by atoms with Gasteiger partial charge in [0.15, 0.2) is 0 Å². The van der Waals surface area contributed by atoms with Crippen molar-refractivity contribution in [1.82, 2.24) is 19.9 Å². The Bertz CT molecular complexity index is 1570. The average Bonchev–Trinajstić information content (AvgIpc) is 3.67. The summed E-state index contributed by atoms with van der Waals surface area (Å²) in [6.45, 7) is 18.1. The van der Waals surface area contributed by atoms with Gasteiger partial charge in [-0.3, -0.25) is 0 Å². The fourth-order valence-electron chi connectivity index (χ4n) is 7.10. The number of halogens is 2. The minimum absolute atomic E-state index is 0. The topological polar surface area (TPSA) is 57.4 Å². The molecule has 0 saturated heterocycles. The van der Waals surface area contributed by atoms with E-state index in [0.29, 0.717) is 0 Å². The summed E-state index contributed by atoms with van der Waals surface area (Å²) in [5, 5.41) is 0. The Morgan fingerprint density at radius 1 is 0.395 bits per heavy atom. The van der Waals surface area contributed by atoms with Crippen molar-refractivity contribution in [1.29, 1.82) is 0 Å². The van der Waals surface area contributed by atoms with Crippen LogP contribution in [0.15, 0.2) is 24.3 Å². The van der Waals surface area contributed by atoms with E-state index in [9.17, 15) is 0 Å². The monoisotopic (exact) mass is 668 g/mol. The van der Waals surface area contributed by atoms with E-state index in [-0.39, 0.29) is 44.3 Å². The maximum absolute atomic E-state index is 5.28. The normalized spacial score (nSPS) is 12.7. The third kappa shape index (κ3) is 6.46. The second kappa shape index (κ2) is 15.7. The van der Waals surface area contributed by atoms with E-state index in [1.807, 2.05) is 0 Å². The van der Waals surface area contributed by atoms with Crippen molar-refractivity contribution in [3.05, 3.63) is 69.3 Å². The summed E-state index contributed by atoms with van der Waals surface area (Å²) in [6, 6.07) is 9.24. The molecule has 0 radical (unpaired) electrons. The molecule has 2 N–H and O–H groups in total. The minimum atomic E-state index is 0. The molecule has 5 heterocycles. The van der Waals surface area contributed by atoms with Crippen LogP contribution in [-0.2, 0) is 45.2 Å². The van der Waals surface area contributed by atoms with Crippen molar-refractivity contribution in [3.8, 4) is 0 Å². The van der Waals surface area contributed by atoms with Gasteiger partial charge in [0, 0.05) is 22.1 Å². The van der Waals surface area contributed by atoms with Crippen LogP contribution in [0.1, 0.15) is 126 Å². The largest absolute Gasteiger partial charge is 2.00 e. The molecule has 0 amide bonds. The van der Waals surface area contributed by atoms with Gasteiger partial charge in [-0.1, -0.05) is 55.4 Å². The third-order valence-corrected chi connectivity index (χ3v) is 8.97. The summed E-state index contributed by atoms with van der Waals surface area (Å²) in [5.74, 6) is 0. The van der Waals surface area contributed by atoms with E-state index < -0.39 is 0 Å². The summed E-state index contributed by atoms with van der Waals surface area (Å²) in [4.78, 5) is 18.2. The van der Waals surface area contributed by atoms with Gasteiger partial charge in [-0.15, -0.1) is 0 Å². The molecule has 226 valence electrons. The molecule has 0 unspecified atom stereocenters. The van der Waals surface area contributed by atoms with Crippen LogP contribution in [-0.4, -0.2) is 19.9 Å². The second-order valence-corrected chi connectivity index (χ2v) is 10.9. The molecule has 0 saturated carbocycles. The molecule has 3 aromatic heterocycles. The molecule has 4 nitrogen and oxygen atoms in total. The molecule has 2 aliphatic heterocycles. The van der Waals surface area contributed by atoms with Crippen LogP contribution in [0.25, 0.3) is 44.4 Å². The minimum Gasteiger partial charge on any atom is -1.00 e. The molecule has 0 aromatic carbocycles. The first-order chi connectivity index (χ1) is 19.5. The first-order valence-electron chi connectivity index (χ1n) is 15.7.